The molecule has 3 nitrogen and oxygen atoms in total. The maximum absolute atomic E-state index is 11.8. The van der Waals surface area contributed by atoms with Gasteiger partial charge in [-0.15, -0.1) is 0 Å². The molecule has 2 atom stereocenters. The Morgan fingerprint density at radius 1 is 1.36 bits per heavy atom. The van der Waals surface area contributed by atoms with Gasteiger partial charge in [0.25, 0.3) is 0 Å². The van der Waals surface area contributed by atoms with Crippen molar-refractivity contribution < 1.29 is 9.53 Å². The first kappa shape index (κ1) is 19.2. The van der Waals surface area contributed by atoms with Crippen LogP contribution in [0.25, 0.3) is 0 Å². The Balaban J connectivity index is 2.11. The Morgan fingerprint density at radius 2 is 2.08 bits per heavy atom. The molecule has 2 rings (SSSR count). The van der Waals surface area contributed by atoms with Gasteiger partial charge in [-0.2, -0.15) is 0 Å². The highest BCUT2D eigenvalue weighted by molar-refractivity contribution is 5.95. The van der Waals surface area contributed by atoms with Crippen molar-refractivity contribution in [3.63, 3.8) is 0 Å². The number of nitrogens with zero attached hydrogens (tertiary/aromatic N) is 1. The van der Waals surface area contributed by atoms with E-state index in [2.05, 4.69) is 50.9 Å². The number of hydrogen-bond donors (Lipinski definition) is 0. The Labute approximate surface area is 151 Å². The molecule has 0 aliphatic heterocycles. The van der Waals surface area contributed by atoms with Crippen molar-refractivity contribution in [1.82, 2.24) is 0 Å². The average molecular weight is 339 g/mol. The summed E-state index contributed by atoms with van der Waals surface area (Å²) in [6.45, 7) is 9.00. The van der Waals surface area contributed by atoms with E-state index >= 15 is 0 Å². The maximum atomic E-state index is 11.8. The molecule has 0 aromatic heterocycles. The van der Waals surface area contributed by atoms with Crippen molar-refractivity contribution in [1.29, 1.82) is 0 Å². The fourth-order valence-corrected chi connectivity index (χ4v) is 3.39. The molecule has 0 fully saturated rings. The van der Waals surface area contributed by atoms with E-state index in [1.807, 2.05) is 24.4 Å². The summed E-state index contributed by atoms with van der Waals surface area (Å²) in [4.78, 5) is 16.3. The fourth-order valence-electron chi connectivity index (χ4n) is 3.39. The highest BCUT2D eigenvalue weighted by Gasteiger charge is 2.30. The number of carbonyl (C=O) groups is 1. The van der Waals surface area contributed by atoms with Gasteiger partial charge < -0.3 is 4.74 Å². The van der Waals surface area contributed by atoms with Crippen LogP contribution in [0.1, 0.15) is 50.9 Å². The van der Waals surface area contributed by atoms with Crippen LogP contribution in [0.2, 0.25) is 0 Å². The first-order valence-electron chi connectivity index (χ1n) is 8.91. The lowest BCUT2D eigenvalue weighted by molar-refractivity contribution is 0.0601. The van der Waals surface area contributed by atoms with Gasteiger partial charge in [0.2, 0.25) is 0 Å². The second-order valence-corrected chi connectivity index (χ2v) is 7.48. The summed E-state index contributed by atoms with van der Waals surface area (Å²) in [6.07, 6.45) is 11.1. The SMILES string of the molecule is COC(=O)c1ccccc1N=CC(C)C=CC1C(C)=CCCC1(C)C. The van der Waals surface area contributed by atoms with Crippen LogP contribution in [-0.4, -0.2) is 19.3 Å². The third kappa shape index (κ3) is 4.91. The summed E-state index contributed by atoms with van der Waals surface area (Å²) in [5.41, 5.74) is 2.88. The predicted octanol–water partition coefficient (Wildman–Crippen LogP) is 5.75. The van der Waals surface area contributed by atoms with Crippen LogP contribution in [0, 0.1) is 17.3 Å². The molecule has 0 radical (unpaired) electrons. The summed E-state index contributed by atoms with van der Waals surface area (Å²) in [6, 6.07) is 7.25. The lowest BCUT2D eigenvalue weighted by Crippen LogP contribution is -2.26. The zero-order chi connectivity index (χ0) is 18.4. The van der Waals surface area contributed by atoms with Gasteiger partial charge in [-0.25, -0.2) is 4.79 Å². The number of rotatable bonds is 5. The van der Waals surface area contributed by atoms with Crippen LogP contribution in [0.5, 0.6) is 0 Å². The minimum Gasteiger partial charge on any atom is -0.465 e. The number of carbonyl (C=O) groups excluding carboxylic acids is 1. The molecule has 0 saturated carbocycles. The second-order valence-electron chi connectivity index (χ2n) is 7.48. The highest BCUT2D eigenvalue weighted by atomic mass is 16.5. The van der Waals surface area contributed by atoms with Gasteiger partial charge >= 0.3 is 5.97 Å². The normalized spacial score (nSPS) is 21.3. The van der Waals surface area contributed by atoms with Crippen LogP contribution < -0.4 is 0 Å². The van der Waals surface area contributed by atoms with E-state index in [0.29, 0.717) is 22.6 Å². The number of ether oxygens (including phenoxy) is 1. The predicted molar refractivity (Wildman–Crippen MR) is 104 cm³/mol. The molecule has 3 heteroatoms. The number of methoxy groups -OCH3 is 1. The molecule has 1 aliphatic rings. The summed E-state index contributed by atoms with van der Waals surface area (Å²) in [5.74, 6) is 0.302. The van der Waals surface area contributed by atoms with Crippen LogP contribution >= 0.6 is 0 Å². The maximum Gasteiger partial charge on any atom is 0.340 e. The van der Waals surface area contributed by atoms with E-state index < -0.39 is 0 Å². The molecule has 134 valence electrons. The number of aliphatic imine (C=N–C) groups is 1. The van der Waals surface area contributed by atoms with E-state index in [9.17, 15) is 4.79 Å². The number of para-hydroxylation sites is 1. The van der Waals surface area contributed by atoms with Crippen LogP contribution in [0.4, 0.5) is 5.69 Å². The Kier molecular flexibility index (Phi) is 6.35. The minimum atomic E-state index is -0.360. The zero-order valence-electron chi connectivity index (χ0n) is 16.0. The molecular weight excluding hydrogens is 310 g/mol. The highest BCUT2D eigenvalue weighted by Crippen LogP contribution is 2.41. The molecule has 0 spiro atoms. The van der Waals surface area contributed by atoms with E-state index in [0.717, 1.165) is 0 Å². The largest absolute Gasteiger partial charge is 0.465 e. The van der Waals surface area contributed by atoms with Gasteiger partial charge in [-0.1, -0.05) is 56.7 Å². The van der Waals surface area contributed by atoms with Crippen molar-refractivity contribution in [2.75, 3.05) is 7.11 Å². The number of esters is 1. The molecule has 0 bridgehead atoms. The first-order valence-corrected chi connectivity index (χ1v) is 8.91. The third-order valence-electron chi connectivity index (χ3n) is 4.95. The molecule has 2 unspecified atom stereocenters. The van der Waals surface area contributed by atoms with E-state index in [1.54, 1.807) is 6.07 Å². The van der Waals surface area contributed by atoms with Gasteiger partial charge in [0.15, 0.2) is 0 Å². The first-order chi connectivity index (χ1) is 11.8. The summed E-state index contributed by atoms with van der Waals surface area (Å²) < 4.78 is 4.81. The van der Waals surface area contributed by atoms with Crippen molar-refractivity contribution in [3.05, 3.63) is 53.6 Å². The van der Waals surface area contributed by atoms with Crippen molar-refractivity contribution >= 4 is 17.9 Å². The molecule has 0 N–H and O–H groups in total. The quantitative estimate of drug-likeness (QED) is 0.389. The summed E-state index contributed by atoms with van der Waals surface area (Å²) in [7, 11) is 1.38. The fraction of sp³-hybridized carbons (Fsp3) is 0.455. The topological polar surface area (TPSA) is 38.7 Å². The number of allylic oxidation sites excluding steroid dienone is 4. The molecular formula is C22H29NO2. The van der Waals surface area contributed by atoms with Crippen LogP contribution in [0.3, 0.4) is 0 Å². The van der Waals surface area contributed by atoms with E-state index in [1.165, 1.54) is 25.5 Å². The lowest BCUT2D eigenvalue weighted by Gasteiger charge is -2.36. The Morgan fingerprint density at radius 3 is 2.76 bits per heavy atom. The molecule has 0 amide bonds. The molecule has 0 heterocycles. The number of hydrogen-bond acceptors (Lipinski definition) is 3. The third-order valence-corrected chi connectivity index (χ3v) is 4.95. The lowest BCUT2D eigenvalue weighted by atomic mass is 9.68. The van der Waals surface area contributed by atoms with Gasteiger partial charge in [-0.05, 0) is 37.3 Å². The zero-order valence-corrected chi connectivity index (χ0v) is 16.0. The molecule has 1 aromatic rings. The second kappa shape index (κ2) is 8.28. The van der Waals surface area contributed by atoms with E-state index in [-0.39, 0.29) is 11.9 Å². The summed E-state index contributed by atoms with van der Waals surface area (Å²) >= 11 is 0. The van der Waals surface area contributed by atoms with Crippen molar-refractivity contribution in [2.24, 2.45) is 22.2 Å². The van der Waals surface area contributed by atoms with E-state index in [4.69, 9.17) is 4.74 Å². The molecule has 1 aliphatic carbocycles. The average Bonchev–Trinajstić information content (AvgIpc) is 2.58. The van der Waals surface area contributed by atoms with Gasteiger partial charge in [0.05, 0.1) is 18.4 Å². The van der Waals surface area contributed by atoms with Crippen LogP contribution in [-0.2, 0) is 4.74 Å². The molecule has 25 heavy (non-hydrogen) atoms. The van der Waals surface area contributed by atoms with Crippen LogP contribution in [0.15, 0.2) is 53.1 Å². The van der Waals surface area contributed by atoms with Crippen molar-refractivity contribution in [3.8, 4) is 0 Å². The molecule has 1 aromatic carbocycles. The number of benzene rings is 1. The van der Waals surface area contributed by atoms with Gasteiger partial charge in [0, 0.05) is 18.1 Å². The van der Waals surface area contributed by atoms with Crippen molar-refractivity contribution in [2.45, 2.75) is 40.5 Å². The monoisotopic (exact) mass is 339 g/mol. The Bertz CT molecular complexity index is 698. The standard InChI is InChI=1S/C22H29NO2/c1-16(12-13-19-17(2)9-8-14-22(19,3)4)15-23-20-11-7-6-10-18(20)21(24)25-5/h6-7,9-13,15-16,19H,8,14H2,1-5H3. The molecule has 0 saturated heterocycles. The summed E-state index contributed by atoms with van der Waals surface area (Å²) in [5, 5.41) is 0. The minimum absolute atomic E-state index is 0.191. The Hall–Kier alpha value is -2.16. The smallest absolute Gasteiger partial charge is 0.340 e. The van der Waals surface area contributed by atoms with Gasteiger partial charge in [-0.3, -0.25) is 4.99 Å². The van der Waals surface area contributed by atoms with Gasteiger partial charge in [0.1, 0.15) is 0 Å².